The van der Waals surface area contributed by atoms with E-state index in [0.29, 0.717) is 11.3 Å². The summed E-state index contributed by atoms with van der Waals surface area (Å²) in [6, 6.07) is 21.9. The number of likely N-dealkylation sites (tertiary alicyclic amines) is 1. The van der Waals surface area contributed by atoms with E-state index in [2.05, 4.69) is 31.9 Å². The molecule has 0 unspecified atom stereocenters. The number of alkyl halides is 2. The summed E-state index contributed by atoms with van der Waals surface area (Å²) in [5.41, 5.74) is 3.99. The van der Waals surface area contributed by atoms with Gasteiger partial charge in [0, 0.05) is 5.56 Å². The quantitative estimate of drug-likeness (QED) is 0.173. The molecule has 1 heterocycles. The summed E-state index contributed by atoms with van der Waals surface area (Å²) in [4.78, 5) is 53.8. The number of methoxy groups -OCH3 is 1. The van der Waals surface area contributed by atoms with E-state index in [4.69, 9.17) is 9.47 Å². The van der Waals surface area contributed by atoms with E-state index in [0.717, 1.165) is 27.2 Å². The molecule has 0 saturated carbocycles. The number of esters is 1. The van der Waals surface area contributed by atoms with Crippen LogP contribution >= 0.6 is 31.9 Å². The Morgan fingerprint density at radius 2 is 1.24 bits per heavy atom. The lowest BCUT2D eigenvalue weighted by molar-refractivity contribution is -0.152. The Hall–Kier alpha value is -3.30. The second-order valence-corrected chi connectivity index (χ2v) is 12.0. The predicted molar refractivity (Wildman–Crippen MR) is 144 cm³/mol. The van der Waals surface area contributed by atoms with Crippen molar-refractivity contribution in [2.45, 2.75) is 8.65 Å². The maximum Gasteiger partial charge on any atom is 0.326 e. The molecule has 7 nitrogen and oxygen atoms in total. The number of Topliss-reactive ketones (excluding diaryl/α,β-unsaturated/α-hetero) is 1. The van der Waals surface area contributed by atoms with Crippen molar-refractivity contribution < 1.29 is 28.7 Å². The first-order valence-electron chi connectivity index (χ1n) is 12.0. The van der Waals surface area contributed by atoms with Gasteiger partial charge < -0.3 is 9.47 Å². The lowest BCUT2D eigenvalue weighted by Crippen LogP contribution is -2.56. The molecule has 1 saturated heterocycles. The Kier molecular flexibility index (Phi) is 5.84. The monoisotopic (exact) mass is 637 g/mol. The van der Waals surface area contributed by atoms with E-state index >= 15 is 0 Å². The molecule has 9 heteroatoms. The van der Waals surface area contributed by atoms with Crippen molar-refractivity contribution in [3.8, 4) is 5.75 Å². The number of amides is 2. The maximum absolute atomic E-state index is 13.8. The average Bonchev–Trinajstić information content (AvgIpc) is 3.20. The number of ether oxygens (including phenoxy) is 2. The van der Waals surface area contributed by atoms with Crippen molar-refractivity contribution in [3.05, 3.63) is 101 Å². The predicted octanol–water partition coefficient (Wildman–Crippen LogP) is 4.33. The van der Waals surface area contributed by atoms with Gasteiger partial charge in [0.1, 0.15) is 12.3 Å². The molecule has 2 bridgehead atoms. The zero-order valence-corrected chi connectivity index (χ0v) is 23.3. The molecule has 1 fully saturated rings. The topological polar surface area (TPSA) is 90.0 Å². The Morgan fingerprint density at radius 1 is 0.789 bits per heavy atom. The fourth-order valence-corrected chi connectivity index (χ4v) is 8.36. The first-order chi connectivity index (χ1) is 18.2. The van der Waals surface area contributed by atoms with Crippen LogP contribution in [0.4, 0.5) is 0 Å². The molecular weight excluding hydrogens is 618 g/mol. The van der Waals surface area contributed by atoms with Crippen LogP contribution in [0, 0.1) is 11.8 Å². The Bertz CT molecular complexity index is 1400. The van der Waals surface area contributed by atoms with Gasteiger partial charge in [-0.25, -0.2) is 0 Å². The van der Waals surface area contributed by atoms with Crippen LogP contribution in [0.2, 0.25) is 0 Å². The van der Waals surface area contributed by atoms with Crippen LogP contribution in [0.5, 0.6) is 5.75 Å². The summed E-state index contributed by atoms with van der Waals surface area (Å²) in [5.74, 6) is -3.09. The van der Waals surface area contributed by atoms with Gasteiger partial charge in [-0.15, -0.1) is 0 Å². The molecule has 0 aromatic heterocycles. The highest BCUT2D eigenvalue weighted by atomic mass is 79.9. The fraction of sp³-hybridized carbons (Fsp3) is 0.241. The van der Waals surface area contributed by atoms with Gasteiger partial charge in [0.2, 0.25) is 11.8 Å². The number of imide groups is 1. The normalized spacial score (nSPS) is 26.4. The number of halogens is 2. The van der Waals surface area contributed by atoms with E-state index in [1.54, 1.807) is 24.3 Å². The first-order valence-corrected chi connectivity index (χ1v) is 13.6. The lowest BCUT2D eigenvalue weighted by atomic mass is 9.54. The van der Waals surface area contributed by atoms with Gasteiger partial charge in [-0.3, -0.25) is 24.1 Å². The molecule has 4 aliphatic rings. The van der Waals surface area contributed by atoms with Crippen molar-refractivity contribution in [2.75, 3.05) is 20.3 Å². The third-order valence-corrected chi connectivity index (χ3v) is 10.4. The fourth-order valence-electron chi connectivity index (χ4n) is 6.06. The smallest absolute Gasteiger partial charge is 0.326 e. The standard InChI is InChI=1S/C29H21Br2NO6/c1-37-17-12-10-16(11-13-17)22(33)15-38-23(34)14-32-26(35)24-25(27(32)36)29(31)19-7-3-2-6-18(19)28(24,30)20-8-4-5-9-21(20)29/h2-13,24-25H,14-15H2,1H3/t24-,25-,28?,29?/m1/s1. The van der Waals surface area contributed by atoms with Crippen molar-refractivity contribution in [3.63, 3.8) is 0 Å². The molecule has 1 aliphatic heterocycles. The number of benzene rings is 3. The van der Waals surface area contributed by atoms with E-state index in [9.17, 15) is 19.2 Å². The van der Waals surface area contributed by atoms with Crippen LogP contribution in [0.1, 0.15) is 32.6 Å². The van der Waals surface area contributed by atoms with E-state index < -0.39 is 57.2 Å². The van der Waals surface area contributed by atoms with Crippen LogP contribution < -0.4 is 4.74 Å². The van der Waals surface area contributed by atoms with Crippen LogP contribution in [-0.4, -0.2) is 48.7 Å². The average molecular weight is 639 g/mol. The molecule has 3 aliphatic carbocycles. The Labute approximate surface area is 235 Å². The van der Waals surface area contributed by atoms with E-state index in [1.165, 1.54) is 7.11 Å². The number of ketones is 1. The molecule has 2 atom stereocenters. The second-order valence-electron chi connectivity index (χ2n) is 9.55. The first kappa shape index (κ1) is 25.0. The molecular formula is C29H21Br2NO6. The summed E-state index contributed by atoms with van der Waals surface area (Å²) in [5, 5.41) is 0. The minimum absolute atomic E-state index is 0.354. The SMILES string of the molecule is COc1ccc(C(=O)COC(=O)CN2C(=O)[C@H]3[C@H](C2=O)C2(Br)c4ccccc4C3(Br)c3ccccc32)cc1. The maximum atomic E-state index is 13.8. The number of carbonyl (C=O) groups excluding carboxylic acids is 4. The summed E-state index contributed by atoms with van der Waals surface area (Å²) in [6.07, 6.45) is 0. The zero-order valence-electron chi connectivity index (χ0n) is 20.1. The Morgan fingerprint density at radius 3 is 1.66 bits per heavy atom. The van der Waals surface area contributed by atoms with Gasteiger partial charge in [0.25, 0.3) is 0 Å². The minimum atomic E-state index is -0.934. The molecule has 3 aromatic carbocycles. The number of nitrogens with zero attached hydrogens (tertiary/aromatic N) is 1. The molecule has 192 valence electrons. The highest BCUT2D eigenvalue weighted by Crippen LogP contribution is 2.70. The van der Waals surface area contributed by atoms with Crippen molar-refractivity contribution in [1.29, 1.82) is 0 Å². The van der Waals surface area contributed by atoms with Gasteiger partial charge in [0.15, 0.2) is 12.4 Å². The molecule has 0 radical (unpaired) electrons. The molecule has 3 aromatic rings. The van der Waals surface area contributed by atoms with Crippen LogP contribution in [0.3, 0.4) is 0 Å². The number of hydrogen-bond acceptors (Lipinski definition) is 6. The summed E-state index contributed by atoms with van der Waals surface area (Å²) < 4.78 is 8.40. The molecule has 38 heavy (non-hydrogen) atoms. The van der Waals surface area contributed by atoms with Gasteiger partial charge in [-0.05, 0) is 46.5 Å². The molecule has 0 spiro atoms. The lowest BCUT2D eigenvalue weighted by Gasteiger charge is -2.55. The Balaban J connectivity index is 1.27. The van der Waals surface area contributed by atoms with Crippen LogP contribution in [0.25, 0.3) is 0 Å². The highest BCUT2D eigenvalue weighted by Gasteiger charge is 2.72. The second kappa shape index (κ2) is 8.88. The van der Waals surface area contributed by atoms with Crippen LogP contribution in [0.15, 0.2) is 72.8 Å². The minimum Gasteiger partial charge on any atom is -0.497 e. The van der Waals surface area contributed by atoms with Gasteiger partial charge in [-0.2, -0.15) is 0 Å². The van der Waals surface area contributed by atoms with Crippen LogP contribution in [-0.2, 0) is 27.8 Å². The van der Waals surface area contributed by atoms with Gasteiger partial charge in [0.05, 0.1) is 27.6 Å². The summed E-state index contributed by atoms with van der Waals surface area (Å²) >= 11 is 7.84. The van der Waals surface area contributed by atoms with Crippen molar-refractivity contribution in [2.24, 2.45) is 11.8 Å². The highest BCUT2D eigenvalue weighted by molar-refractivity contribution is 9.10. The number of carbonyl (C=O) groups is 4. The summed E-state index contributed by atoms with van der Waals surface area (Å²) in [6.45, 7) is -1.07. The number of hydrogen-bond donors (Lipinski definition) is 0. The molecule has 7 rings (SSSR count). The summed E-state index contributed by atoms with van der Waals surface area (Å²) in [7, 11) is 1.52. The van der Waals surface area contributed by atoms with Gasteiger partial charge in [-0.1, -0.05) is 80.4 Å². The zero-order chi connectivity index (χ0) is 26.8. The van der Waals surface area contributed by atoms with E-state index in [-0.39, 0.29) is 0 Å². The van der Waals surface area contributed by atoms with Gasteiger partial charge >= 0.3 is 5.97 Å². The number of rotatable bonds is 6. The molecule has 2 amide bonds. The third-order valence-electron chi connectivity index (χ3n) is 7.74. The van der Waals surface area contributed by atoms with Crippen molar-refractivity contribution >= 4 is 55.4 Å². The largest absolute Gasteiger partial charge is 0.497 e. The third kappa shape index (κ3) is 3.31. The molecule has 0 N–H and O–H groups in total. The van der Waals surface area contributed by atoms with E-state index in [1.807, 2.05) is 48.5 Å². The van der Waals surface area contributed by atoms with Crippen molar-refractivity contribution in [1.82, 2.24) is 4.90 Å².